The van der Waals surface area contributed by atoms with Crippen LogP contribution in [0.2, 0.25) is 0 Å². The van der Waals surface area contributed by atoms with E-state index in [0.29, 0.717) is 19.8 Å². The van der Waals surface area contributed by atoms with Crippen molar-refractivity contribution in [3.8, 4) is 5.75 Å². The van der Waals surface area contributed by atoms with Gasteiger partial charge in [-0.25, -0.2) is 0 Å². The van der Waals surface area contributed by atoms with Gasteiger partial charge >= 0.3 is 0 Å². The highest BCUT2D eigenvalue weighted by molar-refractivity contribution is 5.35. The lowest BCUT2D eigenvalue weighted by Gasteiger charge is -2.19. The first-order valence-electron chi connectivity index (χ1n) is 6.31. The van der Waals surface area contributed by atoms with Gasteiger partial charge in [0.2, 0.25) is 0 Å². The summed E-state index contributed by atoms with van der Waals surface area (Å²) in [7, 11) is 1.58. The zero-order valence-corrected chi connectivity index (χ0v) is 11.3. The first kappa shape index (κ1) is 15.0. The third-order valence-electron chi connectivity index (χ3n) is 2.70. The number of hydrogen-bond acceptors (Lipinski definition) is 4. The van der Waals surface area contributed by atoms with Gasteiger partial charge in [-0.05, 0) is 19.9 Å². The fourth-order valence-electron chi connectivity index (χ4n) is 1.80. The molecule has 0 radical (unpaired) electrons. The van der Waals surface area contributed by atoms with Gasteiger partial charge in [0.25, 0.3) is 0 Å². The Kier molecular flexibility index (Phi) is 6.72. The Balaban J connectivity index is 2.57. The second-order valence-corrected chi connectivity index (χ2v) is 4.21. The molecule has 0 aromatic heterocycles. The van der Waals surface area contributed by atoms with Crippen molar-refractivity contribution in [3.05, 3.63) is 29.8 Å². The van der Waals surface area contributed by atoms with Crippen LogP contribution in [0.3, 0.4) is 0 Å². The minimum atomic E-state index is -0.489. The molecule has 1 rings (SSSR count). The summed E-state index contributed by atoms with van der Waals surface area (Å²) in [6, 6.07) is 8.07. The lowest BCUT2D eigenvalue weighted by Crippen LogP contribution is -2.32. The molecule has 4 heteroatoms. The predicted molar refractivity (Wildman–Crippen MR) is 71.9 cm³/mol. The Morgan fingerprint density at radius 1 is 1.33 bits per heavy atom. The first-order valence-corrected chi connectivity index (χ1v) is 6.31. The van der Waals surface area contributed by atoms with Gasteiger partial charge in [0, 0.05) is 25.3 Å². The van der Waals surface area contributed by atoms with Crippen molar-refractivity contribution >= 4 is 0 Å². The van der Waals surface area contributed by atoms with Crippen LogP contribution in [0.5, 0.6) is 5.75 Å². The van der Waals surface area contributed by atoms with E-state index in [0.717, 1.165) is 11.3 Å². The molecule has 2 N–H and O–H groups in total. The first-order chi connectivity index (χ1) is 8.69. The zero-order valence-electron chi connectivity index (χ0n) is 11.3. The van der Waals surface area contributed by atoms with Crippen LogP contribution in [0.4, 0.5) is 0 Å². The molecule has 2 unspecified atom stereocenters. The van der Waals surface area contributed by atoms with Gasteiger partial charge in [0.05, 0.1) is 19.3 Å². The maximum atomic E-state index is 9.60. The molecular formula is C14H23NO3. The molecule has 1 aromatic carbocycles. The number of para-hydroxylation sites is 1. The molecular weight excluding hydrogens is 230 g/mol. The van der Waals surface area contributed by atoms with Crippen LogP contribution in [0.15, 0.2) is 24.3 Å². The quantitative estimate of drug-likeness (QED) is 0.741. The van der Waals surface area contributed by atoms with Gasteiger partial charge < -0.3 is 19.9 Å². The Hall–Kier alpha value is -1.10. The van der Waals surface area contributed by atoms with Crippen molar-refractivity contribution < 1.29 is 14.6 Å². The summed E-state index contributed by atoms with van der Waals surface area (Å²) in [4.78, 5) is 0. The van der Waals surface area contributed by atoms with E-state index in [2.05, 4.69) is 12.2 Å². The maximum Gasteiger partial charge on any atom is 0.124 e. The molecule has 2 atom stereocenters. The van der Waals surface area contributed by atoms with Gasteiger partial charge in [-0.15, -0.1) is 0 Å². The van der Waals surface area contributed by atoms with Crippen LogP contribution >= 0.6 is 0 Å². The number of rotatable bonds is 8. The second kappa shape index (κ2) is 8.08. The lowest BCUT2D eigenvalue weighted by molar-refractivity contribution is 0.0630. The minimum absolute atomic E-state index is 0.124. The van der Waals surface area contributed by atoms with E-state index in [9.17, 15) is 5.11 Å². The van der Waals surface area contributed by atoms with Crippen LogP contribution in [-0.4, -0.2) is 38.1 Å². The largest absolute Gasteiger partial charge is 0.494 e. The molecule has 4 nitrogen and oxygen atoms in total. The summed E-state index contributed by atoms with van der Waals surface area (Å²) in [6.07, 6.45) is -0.489. The number of benzene rings is 1. The van der Waals surface area contributed by atoms with Crippen LogP contribution in [0.1, 0.15) is 25.5 Å². The molecule has 1 aromatic rings. The summed E-state index contributed by atoms with van der Waals surface area (Å²) < 4.78 is 10.5. The van der Waals surface area contributed by atoms with E-state index in [1.54, 1.807) is 7.11 Å². The molecule has 102 valence electrons. The number of aliphatic hydroxyl groups excluding tert-OH is 1. The number of methoxy groups -OCH3 is 1. The van der Waals surface area contributed by atoms with E-state index in [-0.39, 0.29) is 6.04 Å². The van der Waals surface area contributed by atoms with Crippen molar-refractivity contribution in [2.75, 3.05) is 26.9 Å². The third kappa shape index (κ3) is 4.64. The molecule has 0 amide bonds. The normalized spacial score (nSPS) is 14.2. The molecule has 0 aliphatic heterocycles. The smallest absolute Gasteiger partial charge is 0.124 e. The standard InChI is InChI=1S/C14H23NO3/c1-4-18-14-8-6-5-7-13(14)11(2)15-9-12(16)10-17-3/h5-8,11-12,15-16H,4,9-10H2,1-3H3. The molecule has 0 fully saturated rings. The van der Waals surface area contributed by atoms with Gasteiger partial charge in [0.1, 0.15) is 5.75 Å². The Labute approximate surface area is 109 Å². The highest BCUT2D eigenvalue weighted by Crippen LogP contribution is 2.24. The monoisotopic (exact) mass is 253 g/mol. The lowest BCUT2D eigenvalue weighted by atomic mass is 10.1. The highest BCUT2D eigenvalue weighted by atomic mass is 16.5. The Morgan fingerprint density at radius 2 is 2.06 bits per heavy atom. The summed E-state index contributed by atoms with van der Waals surface area (Å²) >= 11 is 0. The van der Waals surface area contributed by atoms with Crippen LogP contribution in [0.25, 0.3) is 0 Å². The summed E-state index contributed by atoms with van der Waals surface area (Å²) in [5, 5.41) is 12.9. The summed E-state index contributed by atoms with van der Waals surface area (Å²) in [5.41, 5.74) is 1.10. The number of aliphatic hydroxyl groups is 1. The van der Waals surface area contributed by atoms with E-state index in [1.165, 1.54) is 0 Å². The van der Waals surface area contributed by atoms with Gasteiger partial charge in [0.15, 0.2) is 0 Å². The Bertz CT molecular complexity index is 344. The van der Waals surface area contributed by atoms with Gasteiger partial charge in [-0.3, -0.25) is 0 Å². The number of nitrogens with one attached hydrogen (secondary N) is 1. The van der Waals surface area contributed by atoms with Crippen molar-refractivity contribution in [2.24, 2.45) is 0 Å². The average Bonchev–Trinajstić information content (AvgIpc) is 2.37. The van der Waals surface area contributed by atoms with E-state index >= 15 is 0 Å². The van der Waals surface area contributed by atoms with Crippen molar-refractivity contribution in [1.29, 1.82) is 0 Å². The number of hydrogen-bond donors (Lipinski definition) is 2. The zero-order chi connectivity index (χ0) is 13.4. The molecule has 0 spiro atoms. The number of ether oxygens (including phenoxy) is 2. The van der Waals surface area contributed by atoms with Gasteiger partial charge in [-0.2, -0.15) is 0 Å². The fraction of sp³-hybridized carbons (Fsp3) is 0.571. The molecule has 0 aliphatic carbocycles. The summed E-state index contributed by atoms with van der Waals surface area (Å²) in [6.45, 7) is 5.51. The van der Waals surface area contributed by atoms with E-state index in [4.69, 9.17) is 9.47 Å². The third-order valence-corrected chi connectivity index (χ3v) is 2.70. The van der Waals surface area contributed by atoms with Crippen LogP contribution in [-0.2, 0) is 4.74 Å². The van der Waals surface area contributed by atoms with Crippen molar-refractivity contribution in [1.82, 2.24) is 5.32 Å². The molecule has 18 heavy (non-hydrogen) atoms. The highest BCUT2D eigenvalue weighted by Gasteiger charge is 2.12. The minimum Gasteiger partial charge on any atom is -0.494 e. The second-order valence-electron chi connectivity index (χ2n) is 4.21. The van der Waals surface area contributed by atoms with Crippen molar-refractivity contribution in [3.63, 3.8) is 0 Å². The SMILES string of the molecule is CCOc1ccccc1C(C)NCC(O)COC. The van der Waals surface area contributed by atoms with Crippen molar-refractivity contribution in [2.45, 2.75) is 26.0 Å². The summed E-state index contributed by atoms with van der Waals surface area (Å²) in [5.74, 6) is 0.890. The Morgan fingerprint density at radius 3 is 2.72 bits per heavy atom. The molecule has 0 saturated heterocycles. The molecule has 0 bridgehead atoms. The van der Waals surface area contributed by atoms with Gasteiger partial charge in [-0.1, -0.05) is 18.2 Å². The maximum absolute atomic E-state index is 9.60. The van der Waals surface area contributed by atoms with E-state index < -0.39 is 6.10 Å². The average molecular weight is 253 g/mol. The predicted octanol–water partition coefficient (Wildman–Crippen LogP) is 1.74. The van der Waals surface area contributed by atoms with Crippen LogP contribution in [0, 0.1) is 0 Å². The molecule has 0 saturated carbocycles. The topological polar surface area (TPSA) is 50.7 Å². The van der Waals surface area contributed by atoms with E-state index in [1.807, 2.05) is 31.2 Å². The molecule has 0 aliphatic rings. The fourth-order valence-corrected chi connectivity index (χ4v) is 1.80. The van der Waals surface area contributed by atoms with Crippen LogP contribution < -0.4 is 10.1 Å². The molecule has 0 heterocycles.